The van der Waals surface area contributed by atoms with Gasteiger partial charge in [-0.15, -0.1) is 10.2 Å². The van der Waals surface area contributed by atoms with Crippen molar-refractivity contribution in [3.05, 3.63) is 64.6 Å². The van der Waals surface area contributed by atoms with Crippen LogP contribution in [0.1, 0.15) is 32.3 Å². The number of hydrogen-bond acceptors (Lipinski definition) is 9. The van der Waals surface area contributed by atoms with E-state index in [9.17, 15) is 10.1 Å². The van der Waals surface area contributed by atoms with E-state index in [1.165, 1.54) is 23.1 Å². The monoisotopic (exact) mass is 474 g/mol. The minimum absolute atomic E-state index is 0.0119. The molecule has 1 aliphatic heterocycles. The van der Waals surface area contributed by atoms with E-state index in [0.717, 1.165) is 11.3 Å². The second-order valence-corrected chi connectivity index (χ2v) is 10.8. The molecule has 166 valence electrons. The standard InChI is InChI=1S/C24H22N6OS2/c1-24(2)12-18-20(19(31)13-24)16(9-8-15-6-4-3-5-7-15)17(14-26)21(27)30(18)22-28-29-23(33-22)32-11-10-25/h3-9,16H,11-13,27H2,1-2H3/b9-8+. The Labute approximate surface area is 200 Å². The highest BCUT2D eigenvalue weighted by Crippen LogP contribution is 2.48. The second kappa shape index (κ2) is 9.22. The number of benzene rings is 1. The van der Waals surface area contributed by atoms with Crippen molar-refractivity contribution in [1.82, 2.24) is 10.2 Å². The molecule has 2 N–H and O–H groups in total. The van der Waals surface area contributed by atoms with E-state index < -0.39 is 5.92 Å². The molecule has 2 aliphatic rings. The van der Waals surface area contributed by atoms with Gasteiger partial charge < -0.3 is 5.73 Å². The fourth-order valence-electron chi connectivity index (χ4n) is 4.18. The number of nitrogens with zero attached hydrogens (tertiary/aromatic N) is 5. The topological polar surface area (TPSA) is 120 Å². The number of allylic oxidation sites excluding steroid dienone is 4. The van der Waals surface area contributed by atoms with Gasteiger partial charge >= 0.3 is 0 Å². The molecule has 0 amide bonds. The lowest BCUT2D eigenvalue weighted by Crippen LogP contribution is -2.42. The Hall–Kier alpha value is -3.40. The summed E-state index contributed by atoms with van der Waals surface area (Å²) in [5.74, 6) is 0.00976. The molecule has 1 atom stereocenters. The number of aromatic nitrogens is 2. The van der Waals surface area contributed by atoms with Crippen molar-refractivity contribution in [3.63, 3.8) is 0 Å². The summed E-state index contributed by atoms with van der Waals surface area (Å²) in [5, 5.41) is 27.8. The first kappa shape index (κ1) is 22.8. The molecule has 0 spiro atoms. The smallest absolute Gasteiger partial charge is 0.219 e. The number of Topliss-reactive ketones (excluding diaryl/α,β-unsaturated/α-hetero) is 1. The molecule has 1 aromatic heterocycles. The number of hydrogen-bond donors (Lipinski definition) is 1. The van der Waals surface area contributed by atoms with Crippen molar-refractivity contribution in [2.45, 2.75) is 31.0 Å². The van der Waals surface area contributed by atoms with Crippen molar-refractivity contribution in [2.24, 2.45) is 17.1 Å². The molecule has 2 heterocycles. The summed E-state index contributed by atoms with van der Waals surface area (Å²) in [7, 11) is 0. The predicted molar refractivity (Wildman–Crippen MR) is 130 cm³/mol. The lowest BCUT2D eigenvalue weighted by molar-refractivity contribution is -0.118. The summed E-state index contributed by atoms with van der Waals surface area (Å²) in [6.45, 7) is 4.10. The highest BCUT2D eigenvalue weighted by Gasteiger charge is 2.44. The van der Waals surface area contributed by atoms with Gasteiger partial charge in [0, 0.05) is 23.6 Å². The molecule has 33 heavy (non-hydrogen) atoms. The average molecular weight is 475 g/mol. The van der Waals surface area contributed by atoms with Gasteiger partial charge in [-0.05, 0) is 17.4 Å². The van der Waals surface area contributed by atoms with Gasteiger partial charge in [-0.3, -0.25) is 9.69 Å². The van der Waals surface area contributed by atoms with Crippen molar-refractivity contribution in [2.75, 3.05) is 10.7 Å². The van der Waals surface area contributed by atoms with Gasteiger partial charge in [0.2, 0.25) is 5.13 Å². The lowest BCUT2D eigenvalue weighted by Gasteiger charge is -2.41. The Morgan fingerprint density at radius 2 is 2.03 bits per heavy atom. The summed E-state index contributed by atoms with van der Waals surface area (Å²) < 4.78 is 0.632. The van der Waals surface area contributed by atoms with E-state index in [0.29, 0.717) is 33.5 Å². The van der Waals surface area contributed by atoms with Crippen LogP contribution >= 0.6 is 23.1 Å². The highest BCUT2D eigenvalue weighted by molar-refractivity contribution is 8.01. The van der Waals surface area contributed by atoms with Crippen LogP contribution < -0.4 is 10.6 Å². The number of nitrogens with two attached hydrogens (primary N) is 1. The summed E-state index contributed by atoms with van der Waals surface area (Å²) in [4.78, 5) is 15.1. The Balaban J connectivity index is 1.84. The Kier molecular flexibility index (Phi) is 6.37. The molecule has 1 unspecified atom stereocenters. The van der Waals surface area contributed by atoms with Gasteiger partial charge in [0.1, 0.15) is 5.82 Å². The number of ketones is 1. The van der Waals surface area contributed by atoms with Crippen LogP contribution in [0.3, 0.4) is 0 Å². The van der Waals surface area contributed by atoms with Crippen LogP contribution in [0.15, 0.2) is 63.4 Å². The summed E-state index contributed by atoms with van der Waals surface area (Å²) in [6.07, 6.45) is 4.82. The number of carbonyl (C=O) groups excluding carboxylic acids is 1. The predicted octanol–water partition coefficient (Wildman–Crippen LogP) is 4.64. The number of rotatable bonds is 5. The van der Waals surface area contributed by atoms with Crippen molar-refractivity contribution in [1.29, 1.82) is 10.5 Å². The van der Waals surface area contributed by atoms with Crippen LogP contribution in [0.25, 0.3) is 6.08 Å². The van der Waals surface area contributed by atoms with E-state index in [2.05, 4.69) is 36.2 Å². The van der Waals surface area contributed by atoms with Crippen LogP contribution in [0, 0.1) is 34.0 Å². The Morgan fingerprint density at radius 1 is 1.27 bits per heavy atom. The summed E-state index contributed by atoms with van der Waals surface area (Å²) >= 11 is 2.58. The number of nitriles is 2. The molecule has 0 saturated heterocycles. The van der Waals surface area contributed by atoms with Crippen LogP contribution in [-0.4, -0.2) is 21.7 Å². The first-order valence-electron chi connectivity index (χ1n) is 10.4. The van der Waals surface area contributed by atoms with Gasteiger partial charge in [-0.25, -0.2) is 0 Å². The summed E-state index contributed by atoms with van der Waals surface area (Å²) in [5.41, 5.74) is 8.95. The van der Waals surface area contributed by atoms with Crippen molar-refractivity contribution in [3.8, 4) is 12.1 Å². The maximum absolute atomic E-state index is 13.4. The maximum atomic E-state index is 13.4. The van der Waals surface area contributed by atoms with Crippen LogP contribution in [-0.2, 0) is 4.79 Å². The molecule has 2 aromatic rings. The van der Waals surface area contributed by atoms with Crippen LogP contribution in [0.4, 0.5) is 5.13 Å². The third-order valence-electron chi connectivity index (χ3n) is 5.55. The molecule has 0 fully saturated rings. The average Bonchev–Trinajstić information content (AvgIpc) is 3.24. The van der Waals surface area contributed by atoms with E-state index in [-0.39, 0.29) is 22.8 Å². The number of thioether (sulfide) groups is 1. The zero-order chi connectivity index (χ0) is 23.6. The van der Waals surface area contributed by atoms with E-state index in [1.54, 1.807) is 4.90 Å². The molecule has 1 aromatic carbocycles. The first-order valence-corrected chi connectivity index (χ1v) is 12.2. The number of anilines is 1. The lowest BCUT2D eigenvalue weighted by atomic mass is 9.70. The van der Waals surface area contributed by atoms with Crippen molar-refractivity contribution >= 4 is 40.1 Å². The molecule has 0 saturated carbocycles. The quantitative estimate of drug-likeness (QED) is 0.622. The van der Waals surface area contributed by atoms with Gasteiger partial charge in [-0.1, -0.05) is 79.4 Å². The van der Waals surface area contributed by atoms with E-state index in [1.807, 2.05) is 42.5 Å². The van der Waals surface area contributed by atoms with Gasteiger partial charge in [0.05, 0.1) is 23.5 Å². The largest absolute Gasteiger partial charge is 0.384 e. The third-order valence-corrected chi connectivity index (χ3v) is 7.46. The normalized spacial score (nSPS) is 20.1. The Morgan fingerprint density at radius 3 is 2.73 bits per heavy atom. The number of carbonyl (C=O) groups is 1. The van der Waals surface area contributed by atoms with E-state index in [4.69, 9.17) is 11.0 Å². The molecule has 0 radical (unpaired) electrons. The zero-order valence-corrected chi connectivity index (χ0v) is 19.9. The fourth-order valence-corrected chi connectivity index (χ4v) is 5.72. The Bertz CT molecular complexity index is 1260. The maximum Gasteiger partial charge on any atom is 0.219 e. The van der Waals surface area contributed by atoms with Gasteiger partial charge in [-0.2, -0.15) is 10.5 Å². The molecule has 9 heteroatoms. The van der Waals surface area contributed by atoms with Crippen LogP contribution in [0.5, 0.6) is 0 Å². The van der Waals surface area contributed by atoms with Crippen LogP contribution in [0.2, 0.25) is 0 Å². The minimum atomic E-state index is -0.523. The molecular formula is C24H22N6OS2. The molecule has 1 aliphatic carbocycles. The molecule has 4 rings (SSSR count). The highest BCUT2D eigenvalue weighted by atomic mass is 32.2. The minimum Gasteiger partial charge on any atom is -0.384 e. The van der Waals surface area contributed by atoms with Crippen molar-refractivity contribution < 1.29 is 4.79 Å². The first-order chi connectivity index (χ1) is 15.8. The molecule has 0 bridgehead atoms. The summed E-state index contributed by atoms with van der Waals surface area (Å²) in [6, 6.07) is 14.1. The molecule has 7 nitrogen and oxygen atoms in total. The SMILES string of the molecule is CC1(C)CC(=O)C2=C(C1)N(c1nnc(SCC#N)s1)C(N)=C(C#N)C2/C=C/c1ccccc1. The fraction of sp³-hybridized carbons (Fsp3) is 0.292. The second-order valence-electron chi connectivity index (χ2n) is 8.59. The van der Waals surface area contributed by atoms with Gasteiger partial charge in [0.15, 0.2) is 10.1 Å². The zero-order valence-electron chi connectivity index (χ0n) is 18.3. The van der Waals surface area contributed by atoms with E-state index >= 15 is 0 Å². The van der Waals surface area contributed by atoms with Gasteiger partial charge in [0.25, 0.3) is 0 Å². The third kappa shape index (κ3) is 4.56. The molecular weight excluding hydrogens is 452 g/mol.